The Morgan fingerprint density at radius 1 is 0.372 bits per heavy atom. The van der Waals surface area contributed by atoms with Crippen LogP contribution < -0.4 is 0 Å². The Hall–Kier alpha value is -0.600. The molecule has 0 N–H and O–H groups in total. The van der Waals surface area contributed by atoms with Gasteiger partial charge >= 0.3 is 0 Å². The van der Waals surface area contributed by atoms with E-state index in [-0.39, 0.29) is 13.2 Å². The van der Waals surface area contributed by atoms with E-state index in [9.17, 15) is 0 Å². The number of ether oxygens (including phenoxy) is 15. The third-order valence-corrected chi connectivity index (χ3v) is 8.29. The first-order chi connectivity index (χ1) is 20.8. The highest BCUT2D eigenvalue weighted by Crippen LogP contribution is 2.36. The first kappa shape index (κ1) is 36.9. The predicted molar refractivity (Wildman–Crippen MR) is 148 cm³/mol. The highest BCUT2D eigenvalue weighted by Gasteiger charge is 2.55. The molecule has 3 saturated heterocycles. The third kappa shape index (κ3) is 8.04. The Morgan fingerprint density at radius 2 is 0.744 bits per heavy atom. The molecule has 15 heteroatoms. The van der Waals surface area contributed by atoms with Crippen molar-refractivity contribution < 1.29 is 71.1 Å². The molecular formula is C28H52O15. The number of hydrogen-bond donors (Lipinski definition) is 0. The predicted octanol–water partition coefficient (Wildman–Crippen LogP) is -0.00440. The minimum absolute atomic E-state index is 0.208. The summed E-state index contributed by atoms with van der Waals surface area (Å²) >= 11 is 0. The maximum atomic E-state index is 6.68. The quantitative estimate of drug-likeness (QED) is 0.226. The Morgan fingerprint density at radius 3 is 1.16 bits per heavy atom. The molecular weight excluding hydrogens is 576 g/mol. The zero-order chi connectivity index (χ0) is 31.7. The van der Waals surface area contributed by atoms with E-state index < -0.39 is 92.1 Å². The van der Waals surface area contributed by atoms with Gasteiger partial charge < -0.3 is 71.1 Å². The summed E-state index contributed by atoms with van der Waals surface area (Å²) in [5.41, 5.74) is 0. The van der Waals surface area contributed by atoms with Gasteiger partial charge in [0.2, 0.25) is 0 Å². The molecule has 15 atom stereocenters. The lowest BCUT2D eigenvalue weighted by Gasteiger charge is -2.51. The maximum Gasteiger partial charge on any atom is 0.187 e. The summed E-state index contributed by atoms with van der Waals surface area (Å²) in [6.45, 7) is 2.30. The number of rotatable bonds is 16. The summed E-state index contributed by atoms with van der Waals surface area (Å²) in [7, 11) is 15.7. The summed E-state index contributed by atoms with van der Waals surface area (Å²) in [4.78, 5) is 0. The summed E-state index contributed by atoms with van der Waals surface area (Å²) in [6.07, 6.45) is -9.90. The van der Waals surface area contributed by atoms with E-state index in [1.54, 1.807) is 71.1 Å². The van der Waals surface area contributed by atoms with Crippen LogP contribution in [0.2, 0.25) is 0 Å². The van der Waals surface area contributed by atoms with Crippen LogP contribution >= 0.6 is 0 Å². The zero-order valence-corrected chi connectivity index (χ0v) is 27.2. The zero-order valence-electron chi connectivity index (χ0n) is 27.2. The summed E-state index contributed by atoms with van der Waals surface area (Å²) in [5.74, 6) is 0. The van der Waals surface area contributed by atoms with Crippen molar-refractivity contribution in [3.05, 3.63) is 0 Å². The topological polar surface area (TPSA) is 138 Å². The molecule has 0 aliphatic carbocycles. The molecule has 0 bridgehead atoms. The molecule has 0 aromatic rings. The van der Waals surface area contributed by atoms with Gasteiger partial charge in [0.25, 0.3) is 0 Å². The Bertz CT molecular complexity index is 778. The van der Waals surface area contributed by atoms with Gasteiger partial charge in [0.1, 0.15) is 67.1 Å². The average Bonchev–Trinajstić information content (AvgIpc) is 3.01. The normalized spacial score (nSPS) is 44.0. The van der Waals surface area contributed by atoms with Gasteiger partial charge in [0, 0.05) is 71.1 Å². The van der Waals surface area contributed by atoms with E-state index in [0.29, 0.717) is 0 Å². The molecule has 0 spiro atoms. The van der Waals surface area contributed by atoms with Crippen molar-refractivity contribution in [1.29, 1.82) is 0 Å². The average molecular weight is 629 g/mol. The molecule has 43 heavy (non-hydrogen) atoms. The molecule has 0 saturated carbocycles. The van der Waals surface area contributed by atoms with Crippen LogP contribution in [0.1, 0.15) is 6.92 Å². The van der Waals surface area contributed by atoms with Crippen LogP contribution in [-0.2, 0) is 71.1 Å². The fourth-order valence-electron chi connectivity index (χ4n) is 6.25. The van der Waals surface area contributed by atoms with Crippen molar-refractivity contribution in [3.63, 3.8) is 0 Å². The molecule has 254 valence electrons. The molecule has 0 aromatic carbocycles. The van der Waals surface area contributed by atoms with Gasteiger partial charge in [-0.25, -0.2) is 0 Å². The number of hydrogen-bond acceptors (Lipinski definition) is 15. The molecule has 0 radical (unpaired) electrons. The van der Waals surface area contributed by atoms with E-state index in [1.807, 2.05) is 6.92 Å². The molecule has 3 heterocycles. The molecule has 15 nitrogen and oxygen atoms in total. The first-order valence-corrected chi connectivity index (χ1v) is 14.3. The van der Waals surface area contributed by atoms with Gasteiger partial charge in [-0.05, 0) is 6.92 Å². The maximum absolute atomic E-state index is 6.68. The van der Waals surface area contributed by atoms with Gasteiger partial charge in [-0.2, -0.15) is 0 Å². The molecule has 3 rings (SSSR count). The van der Waals surface area contributed by atoms with E-state index >= 15 is 0 Å². The minimum Gasteiger partial charge on any atom is -0.382 e. The summed E-state index contributed by atoms with van der Waals surface area (Å²) in [6, 6.07) is 0. The molecule has 0 amide bonds. The Labute approximate surface area is 254 Å². The second kappa shape index (κ2) is 17.9. The minimum atomic E-state index is -1.02. The molecule has 0 aromatic heterocycles. The number of methoxy groups -OCH3 is 10. The summed E-state index contributed by atoms with van der Waals surface area (Å²) in [5, 5.41) is 0. The Kier molecular flexibility index (Phi) is 15.4. The second-order valence-corrected chi connectivity index (χ2v) is 10.5. The lowest BCUT2D eigenvalue weighted by atomic mass is 9.95. The lowest BCUT2D eigenvalue weighted by molar-refractivity contribution is -0.392. The highest BCUT2D eigenvalue weighted by atomic mass is 16.8. The van der Waals surface area contributed by atoms with Crippen molar-refractivity contribution >= 4 is 0 Å². The summed E-state index contributed by atoms with van der Waals surface area (Å²) < 4.78 is 89.4. The monoisotopic (exact) mass is 628 g/mol. The van der Waals surface area contributed by atoms with Crippen LogP contribution in [0, 0.1) is 0 Å². The van der Waals surface area contributed by atoms with E-state index in [1.165, 1.54) is 0 Å². The largest absolute Gasteiger partial charge is 0.382 e. The van der Waals surface area contributed by atoms with E-state index in [4.69, 9.17) is 71.1 Å². The van der Waals surface area contributed by atoms with Crippen LogP contribution in [0.5, 0.6) is 0 Å². The highest BCUT2D eigenvalue weighted by molar-refractivity contribution is 4.98. The van der Waals surface area contributed by atoms with Crippen molar-refractivity contribution in [1.82, 2.24) is 0 Å². The van der Waals surface area contributed by atoms with Gasteiger partial charge in [-0.15, -0.1) is 0 Å². The molecule has 3 aliphatic rings. The third-order valence-electron chi connectivity index (χ3n) is 8.29. The molecule has 0 unspecified atom stereocenters. The van der Waals surface area contributed by atoms with Gasteiger partial charge in [-0.1, -0.05) is 0 Å². The van der Waals surface area contributed by atoms with Crippen LogP contribution in [0.15, 0.2) is 0 Å². The second-order valence-electron chi connectivity index (χ2n) is 10.5. The van der Waals surface area contributed by atoms with Crippen molar-refractivity contribution in [2.45, 2.75) is 99.0 Å². The van der Waals surface area contributed by atoms with Crippen LogP contribution in [0.3, 0.4) is 0 Å². The van der Waals surface area contributed by atoms with Gasteiger partial charge in [-0.3, -0.25) is 0 Å². The van der Waals surface area contributed by atoms with Crippen LogP contribution in [0.4, 0.5) is 0 Å². The van der Waals surface area contributed by atoms with Gasteiger partial charge in [0.15, 0.2) is 18.9 Å². The van der Waals surface area contributed by atoms with E-state index in [2.05, 4.69) is 0 Å². The fourth-order valence-corrected chi connectivity index (χ4v) is 6.25. The van der Waals surface area contributed by atoms with E-state index in [0.717, 1.165) is 0 Å². The fraction of sp³-hybridized carbons (Fsp3) is 1.00. The Balaban J connectivity index is 1.99. The van der Waals surface area contributed by atoms with Crippen LogP contribution in [-0.4, -0.2) is 176 Å². The van der Waals surface area contributed by atoms with Crippen molar-refractivity contribution in [3.8, 4) is 0 Å². The van der Waals surface area contributed by atoms with Crippen LogP contribution in [0.25, 0.3) is 0 Å². The van der Waals surface area contributed by atoms with Crippen molar-refractivity contribution in [2.24, 2.45) is 0 Å². The standard InChI is InChI=1S/C28H52O15/c1-14-17(20(33-6)23(36-9)26(38-11)39-14)42-28-25(22(35-8)19(32-5)16(41-28)13-30-3)43-27-24(37-10)21(34-7)18(31-4)15(40-27)12-29-2/h14-28H,12-13H2,1-11H3/t14-,15+,16+,17+,18-,19+,20+,21-,22-,23-,24+,25+,26+,27+,28-/m0/s1. The van der Waals surface area contributed by atoms with Crippen molar-refractivity contribution in [2.75, 3.05) is 84.3 Å². The molecule has 3 fully saturated rings. The SMILES string of the molecule is COC[C@H]1O[C@H](O[C@H]2[C@H](O[C@H]3[C@@H](OC)[C@H](OC)[C@H](OC)O[C@H]3C)O[C@H](COC)[C@@H](OC)[C@@H]2OC)[C@H](OC)[C@@H](OC)[C@H]1OC. The van der Waals surface area contributed by atoms with Gasteiger partial charge in [0.05, 0.1) is 19.3 Å². The molecule has 3 aliphatic heterocycles. The first-order valence-electron chi connectivity index (χ1n) is 14.3. The smallest absolute Gasteiger partial charge is 0.187 e. The lowest BCUT2D eigenvalue weighted by Crippen LogP contribution is -2.67.